The average Bonchev–Trinajstić information content (AvgIpc) is 2.79. The molecule has 4 rings (SSSR count). The summed E-state index contributed by atoms with van der Waals surface area (Å²) in [6.45, 7) is -0.678. The van der Waals surface area contributed by atoms with E-state index in [1.807, 2.05) is 0 Å². The Kier molecular flexibility index (Phi) is 5.91. The molecule has 2 unspecified atom stereocenters. The van der Waals surface area contributed by atoms with Gasteiger partial charge in [0, 0.05) is 17.7 Å². The number of hydrogen-bond donors (Lipinski definition) is 7. The summed E-state index contributed by atoms with van der Waals surface area (Å²) in [7, 11) is 1.26. The van der Waals surface area contributed by atoms with E-state index in [-0.39, 0.29) is 39.4 Å². The lowest BCUT2D eigenvalue weighted by Crippen LogP contribution is -2.55. The van der Waals surface area contributed by atoms with Crippen molar-refractivity contribution in [2.24, 2.45) is 0 Å². The predicted molar refractivity (Wildman–Crippen MR) is 112 cm³/mol. The van der Waals surface area contributed by atoms with E-state index < -0.39 is 54.1 Å². The van der Waals surface area contributed by atoms with Crippen molar-refractivity contribution < 1.29 is 49.6 Å². The molecule has 11 nitrogen and oxygen atoms in total. The molecule has 0 saturated carbocycles. The SMILES string of the molecule is COc1cc2oc(-c3ccc(O)c(O)c3)cc(=O)c2c(O)c1[C@@H]1OC(CO)[C@@H](O)[C@H](O)C1O. The van der Waals surface area contributed by atoms with E-state index in [1.165, 1.54) is 31.4 Å². The number of fused-ring (bicyclic) bond motifs is 1. The second-order valence-corrected chi connectivity index (χ2v) is 7.64. The molecule has 1 aromatic heterocycles. The Balaban J connectivity index is 1.89. The summed E-state index contributed by atoms with van der Waals surface area (Å²) in [5.74, 6) is -1.44. The van der Waals surface area contributed by atoms with Gasteiger partial charge in [-0.1, -0.05) is 0 Å². The van der Waals surface area contributed by atoms with Gasteiger partial charge in [0.05, 0.1) is 19.3 Å². The van der Waals surface area contributed by atoms with Crippen LogP contribution in [0.2, 0.25) is 0 Å². The van der Waals surface area contributed by atoms with Gasteiger partial charge in [-0.3, -0.25) is 4.79 Å². The third-order valence-corrected chi connectivity index (χ3v) is 5.65. The number of aromatic hydroxyl groups is 3. The lowest BCUT2D eigenvalue weighted by Gasteiger charge is -2.40. The maximum Gasteiger partial charge on any atom is 0.197 e. The Hall–Kier alpha value is -3.35. The zero-order valence-corrected chi connectivity index (χ0v) is 17.2. The fourth-order valence-corrected chi connectivity index (χ4v) is 3.90. The molecular formula is C22H22O11. The molecule has 1 aliphatic heterocycles. The smallest absolute Gasteiger partial charge is 0.197 e. The minimum atomic E-state index is -1.72. The molecule has 3 aromatic rings. The first kappa shape index (κ1) is 22.8. The molecular weight excluding hydrogens is 440 g/mol. The number of aliphatic hydroxyl groups excluding tert-OH is 4. The summed E-state index contributed by atoms with van der Waals surface area (Å²) in [6.07, 6.45) is -7.72. The molecule has 2 aromatic carbocycles. The van der Waals surface area contributed by atoms with Crippen LogP contribution in [-0.2, 0) is 4.74 Å². The van der Waals surface area contributed by atoms with Gasteiger partial charge in [-0.2, -0.15) is 0 Å². The van der Waals surface area contributed by atoms with Crippen LogP contribution >= 0.6 is 0 Å². The molecule has 2 heterocycles. The summed E-state index contributed by atoms with van der Waals surface area (Å²) in [5.41, 5.74) is -0.664. The molecule has 0 spiro atoms. The van der Waals surface area contributed by atoms with Gasteiger partial charge in [-0.25, -0.2) is 0 Å². The van der Waals surface area contributed by atoms with Crippen molar-refractivity contribution in [3.8, 4) is 34.3 Å². The molecule has 1 saturated heterocycles. The van der Waals surface area contributed by atoms with E-state index in [9.17, 15) is 40.5 Å². The molecule has 0 aliphatic carbocycles. The van der Waals surface area contributed by atoms with Crippen LogP contribution in [0.3, 0.4) is 0 Å². The van der Waals surface area contributed by atoms with E-state index in [4.69, 9.17) is 13.9 Å². The number of phenolic OH excluding ortho intramolecular Hbond substituents is 3. The Morgan fingerprint density at radius 1 is 0.970 bits per heavy atom. The van der Waals surface area contributed by atoms with Gasteiger partial charge >= 0.3 is 0 Å². The molecule has 11 heteroatoms. The molecule has 176 valence electrons. The summed E-state index contributed by atoms with van der Waals surface area (Å²) >= 11 is 0. The Morgan fingerprint density at radius 3 is 2.33 bits per heavy atom. The number of phenols is 3. The number of rotatable bonds is 4. The highest BCUT2D eigenvalue weighted by molar-refractivity contribution is 5.88. The van der Waals surface area contributed by atoms with Crippen LogP contribution in [0.4, 0.5) is 0 Å². The first-order valence-electron chi connectivity index (χ1n) is 9.88. The van der Waals surface area contributed by atoms with Gasteiger partial charge in [0.15, 0.2) is 16.9 Å². The van der Waals surface area contributed by atoms with Crippen LogP contribution in [0, 0.1) is 0 Å². The third-order valence-electron chi connectivity index (χ3n) is 5.65. The van der Waals surface area contributed by atoms with Crippen LogP contribution in [0.25, 0.3) is 22.3 Å². The lowest BCUT2D eigenvalue weighted by atomic mass is 9.89. The van der Waals surface area contributed by atoms with Crippen LogP contribution in [0.5, 0.6) is 23.0 Å². The molecule has 33 heavy (non-hydrogen) atoms. The highest BCUT2D eigenvalue weighted by Crippen LogP contribution is 2.45. The Labute approximate surface area is 185 Å². The van der Waals surface area contributed by atoms with Crippen LogP contribution in [0.1, 0.15) is 11.7 Å². The molecule has 0 bridgehead atoms. The number of benzene rings is 2. The van der Waals surface area contributed by atoms with Gasteiger partial charge in [-0.05, 0) is 18.2 Å². The van der Waals surface area contributed by atoms with Crippen LogP contribution in [-0.4, -0.2) is 73.9 Å². The van der Waals surface area contributed by atoms with Crippen molar-refractivity contribution in [2.45, 2.75) is 30.5 Å². The maximum absolute atomic E-state index is 12.9. The van der Waals surface area contributed by atoms with Gasteiger partial charge in [0.2, 0.25) is 0 Å². The third kappa shape index (κ3) is 3.75. The molecule has 0 amide bonds. The summed E-state index contributed by atoms with van der Waals surface area (Å²) in [5, 5.41) is 70.0. The zero-order valence-electron chi connectivity index (χ0n) is 17.2. The molecule has 7 N–H and O–H groups in total. The van der Waals surface area contributed by atoms with E-state index >= 15 is 0 Å². The Bertz CT molecular complexity index is 1250. The van der Waals surface area contributed by atoms with Gasteiger partial charge in [0.1, 0.15) is 58.7 Å². The predicted octanol–water partition coefficient (Wildman–Crippen LogP) is 0.100. The largest absolute Gasteiger partial charge is 0.506 e. The number of methoxy groups -OCH3 is 1. The molecule has 0 radical (unpaired) electrons. The Morgan fingerprint density at radius 2 is 1.70 bits per heavy atom. The van der Waals surface area contributed by atoms with Crippen molar-refractivity contribution in [1.82, 2.24) is 0 Å². The quantitative estimate of drug-likeness (QED) is 0.260. The first-order valence-corrected chi connectivity index (χ1v) is 9.88. The summed E-state index contributed by atoms with van der Waals surface area (Å²) in [4.78, 5) is 12.9. The fourth-order valence-electron chi connectivity index (χ4n) is 3.90. The lowest BCUT2D eigenvalue weighted by molar-refractivity contribution is -0.232. The van der Waals surface area contributed by atoms with E-state index in [1.54, 1.807) is 0 Å². The maximum atomic E-state index is 12.9. The minimum absolute atomic E-state index is 0.0323. The molecule has 1 fully saturated rings. The van der Waals surface area contributed by atoms with Crippen molar-refractivity contribution in [3.05, 3.63) is 46.1 Å². The highest BCUT2D eigenvalue weighted by Gasteiger charge is 2.46. The van der Waals surface area contributed by atoms with Crippen molar-refractivity contribution >= 4 is 11.0 Å². The van der Waals surface area contributed by atoms with E-state index in [0.29, 0.717) is 0 Å². The van der Waals surface area contributed by atoms with E-state index in [0.717, 1.165) is 6.07 Å². The monoisotopic (exact) mass is 462 g/mol. The number of aliphatic hydroxyl groups is 4. The van der Waals surface area contributed by atoms with Crippen molar-refractivity contribution in [3.63, 3.8) is 0 Å². The molecule has 1 aliphatic rings. The average molecular weight is 462 g/mol. The van der Waals surface area contributed by atoms with Crippen molar-refractivity contribution in [2.75, 3.05) is 13.7 Å². The van der Waals surface area contributed by atoms with E-state index in [2.05, 4.69) is 0 Å². The molecule has 5 atom stereocenters. The van der Waals surface area contributed by atoms with Crippen LogP contribution in [0.15, 0.2) is 39.5 Å². The fraction of sp³-hybridized carbons (Fsp3) is 0.318. The standard InChI is InChI=1S/C22H22O11/c1-31-13-6-14-16(11(26)5-12(32-14)8-2-3-9(24)10(25)4-8)19(28)17(13)22-21(30)20(29)18(27)15(7-23)33-22/h2-6,15,18,20-25,27-30H,7H2,1H3/t15?,18-,20+,21?,22+/m1/s1. The van der Waals surface area contributed by atoms with Crippen LogP contribution < -0.4 is 10.2 Å². The summed E-state index contributed by atoms with van der Waals surface area (Å²) in [6, 6.07) is 6.17. The van der Waals surface area contributed by atoms with Gasteiger partial charge < -0.3 is 49.6 Å². The first-order chi connectivity index (χ1) is 15.7. The number of hydrogen-bond acceptors (Lipinski definition) is 11. The number of ether oxygens (including phenoxy) is 2. The minimum Gasteiger partial charge on any atom is -0.506 e. The summed E-state index contributed by atoms with van der Waals surface area (Å²) < 4.78 is 16.5. The van der Waals surface area contributed by atoms with Gasteiger partial charge in [-0.15, -0.1) is 0 Å². The van der Waals surface area contributed by atoms with Crippen molar-refractivity contribution in [1.29, 1.82) is 0 Å². The second-order valence-electron chi connectivity index (χ2n) is 7.64. The second kappa shape index (κ2) is 8.54. The zero-order chi connectivity index (χ0) is 24.0. The topological polar surface area (TPSA) is 190 Å². The van der Waals surface area contributed by atoms with Gasteiger partial charge in [0.25, 0.3) is 0 Å². The highest BCUT2D eigenvalue weighted by atomic mass is 16.5. The normalized spacial score (nSPS) is 25.3.